The molecule has 2 aromatic rings. The smallest absolute Gasteiger partial charge is 0.283 e. The molecule has 0 atom stereocenters. The van der Waals surface area contributed by atoms with Gasteiger partial charge in [-0.05, 0) is 55.3 Å². The van der Waals surface area contributed by atoms with E-state index >= 15 is 0 Å². The summed E-state index contributed by atoms with van der Waals surface area (Å²) in [5.41, 5.74) is 0.972. The van der Waals surface area contributed by atoms with Gasteiger partial charge in [0.05, 0.1) is 9.82 Å². The number of nitrogens with zero attached hydrogens (tertiary/aromatic N) is 1. The number of hydrogen-bond acceptors (Lipinski definition) is 5. The second-order valence-corrected chi connectivity index (χ2v) is 8.00. The van der Waals surface area contributed by atoms with E-state index in [0.717, 1.165) is 12.2 Å². The number of nitro benzene ring substituents is 1. The van der Waals surface area contributed by atoms with Crippen LogP contribution in [0, 0.1) is 16.0 Å². The van der Waals surface area contributed by atoms with Crippen LogP contribution in [0.1, 0.15) is 47.9 Å². The number of benzene rings is 2. The van der Waals surface area contributed by atoms with Gasteiger partial charge in [-0.15, -0.1) is 11.8 Å². The Balaban J connectivity index is 2.16. The molecule has 0 radical (unpaired) electrons. The van der Waals surface area contributed by atoms with Crippen LogP contribution < -0.4 is 10.6 Å². The maximum Gasteiger partial charge on any atom is 0.283 e. The molecular formula is C21H25N3O4S. The minimum atomic E-state index is -0.472. The topological polar surface area (TPSA) is 101 Å². The van der Waals surface area contributed by atoms with Gasteiger partial charge in [0.2, 0.25) is 0 Å². The highest BCUT2D eigenvalue weighted by Gasteiger charge is 2.18. The van der Waals surface area contributed by atoms with E-state index in [-0.39, 0.29) is 17.2 Å². The molecule has 0 fully saturated rings. The molecule has 0 saturated carbocycles. The lowest BCUT2D eigenvalue weighted by atomic mass is 10.1. The monoisotopic (exact) mass is 415 g/mol. The van der Waals surface area contributed by atoms with Crippen molar-refractivity contribution >= 4 is 35.0 Å². The summed E-state index contributed by atoms with van der Waals surface area (Å²) in [6.45, 7) is 6.52. The van der Waals surface area contributed by atoms with E-state index in [4.69, 9.17) is 0 Å². The number of thioether (sulfide) groups is 1. The van der Waals surface area contributed by atoms with Crippen LogP contribution in [0.15, 0.2) is 47.4 Å². The predicted octanol–water partition coefficient (Wildman–Crippen LogP) is 4.74. The molecular weight excluding hydrogens is 390 g/mol. The lowest BCUT2D eigenvalue weighted by Gasteiger charge is -2.09. The zero-order chi connectivity index (χ0) is 21.4. The number of hydrogen-bond donors (Lipinski definition) is 2. The molecule has 2 aromatic carbocycles. The maximum atomic E-state index is 12.6. The number of rotatable bonds is 9. The Labute approximate surface area is 174 Å². The number of nitrogens with one attached hydrogen (secondary N) is 2. The Bertz CT molecular complexity index is 899. The van der Waals surface area contributed by atoms with Gasteiger partial charge < -0.3 is 10.6 Å². The number of amides is 2. The average molecular weight is 416 g/mol. The molecule has 2 N–H and O–H groups in total. The van der Waals surface area contributed by atoms with Crippen molar-refractivity contribution in [3.05, 3.63) is 63.7 Å². The molecule has 0 unspecified atom stereocenters. The quantitative estimate of drug-likeness (QED) is 0.350. The molecule has 154 valence electrons. The van der Waals surface area contributed by atoms with Crippen molar-refractivity contribution in [1.82, 2.24) is 5.32 Å². The minimum Gasteiger partial charge on any atom is -0.352 e. The van der Waals surface area contributed by atoms with Crippen LogP contribution in [-0.4, -0.2) is 29.0 Å². The van der Waals surface area contributed by atoms with Gasteiger partial charge in [-0.1, -0.05) is 19.9 Å². The lowest BCUT2D eigenvalue weighted by Crippen LogP contribution is -2.22. The third-order valence-electron chi connectivity index (χ3n) is 4.09. The van der Waals surface area contributed by atoms with Crippen LogP contribution in [-0.2, 0) is 0 Å². The molecule has 0 saturated heterocycles. The summed E-state index contributed by atoms with van der Waals surface area (Å²) in [5, 5.41) is 16.8. The van der Waals surface area contributed by atoms with Crippen molar-refractivity contribution in [1.29, 1.82) is 0 Å². The fraction of sp³-hybridized carbons (Fsp3) is 0.333. The molecule has 0 aliphatic heterocycles. The van der Waals surface area contributed by atoms with Crippen molar-refractivity contribution in [2.24, 2.45) is 5.92 Å². The standard InChI is InChI=1S/C21H25N3O4S/c1-4-22-20(25)15-6-5-7-17(12-15)23-21(26)16-8-9-19(18(13-16)24(27)28)29-11-10-14(2)3/h5-9,12-14H,4,10-11H2,1-3H3,(H,22,25)(H,23,26). The van der Waals surface area contributed by atoms with Crippen LogP contribution in [0.2, 0.25) is 0 Å². The summed E-state index contributed by atoms with van der Waals surface area (Å²) in [5.74, 6) is 0.583. The van der Waals surface area contributed by atoms with Crippen LogP contribution >= 0.6 is 11.8 Å². The first-order valence-electron chi connectivity index (χ1n) is 9.42. The summed E-state index contributed by atoms with van der Waals surface area (Å²) in [6.07, 6.45) is 0.950. The van der Waals surface area contributed by atoms with Gasteiger partial charge in [0.1, 0.15) is 0 Å². The van der Waals surface area contributed by atoms with Crippen molar-refractivity contribution in [3.8, 4) is 0 Å². The van der Waals surface area contributed by atoms with Gasteiger partial charge in [-0.2, -0.15) is 0 Å². The van der Waals surface area contributed by atoms with Crippen LogP contribution in [0.5, 0.6) is 0 Å². The van der Waals surface area contributed by atoms with Crippen LogP contribution in [0.25, 0.3) is 0 Å². The second-order valence-electron chi connectivity index (χ2n) is 6.86. The highest BCUT2D eigenvalue weighted by molar-refractivity contribution is 7.99. The normalized spacial score (nSPS) is 10.6. The first kappa shape index (κ1) is 22.4. The summed E-state index contributed by atoms with van der Waals surface area (Å²) in [4.78, 5) is 36.0. The molecule has 29 heavy (non-hydrogen) atoms. The third kappa shape index (κ3) is 6.60. The molecule has 7 nitrogen and oxygen atoms in total. The van der Waals surface area contributed by atoms with Crippen LogP contribution in [0.4, 0.5) is 11.4 Å². The second kappa shape index (κ2) is 10.6. The Kier molecular flexibility index (Phi) is 8.21. The number of anilines is 1. The van der Waals surface area contributed by atoms with Gasteiger partial charge >= 0.3 is 0 Å². The molecule has 0 aromatic heterocycles. The Morgan fingerprint density at radius 1 is 1.10 bits per heavy atom. The Morgan fingerprint density at radius 3 is 2.48 bits per heavy atom. The Morgan fingerprint density at radius 2 is 1.83 bits per heavy atom. The third-order valence-corrected chi connectivity index (χ3v) is 5.19. The van der Waals surface area contributed by atoms with Crippen molar-refractivity contribution in [2.75, 3.05) is 17.6 Å². The summed E-state index contributed by atoms with van der Waals surface area (Å²) >= 11 is 1.42. The fourth-order valence-electron chi connectivity index (χ4n) is 2.53. The fourth-order valence-corrected chi connectivity index (χ4v) is 3.79. The zero-order valence-electron chi connectivity index (χ0n) is 16.7. The van der Waals surface area contributed by atoms with E-state index in [2.05, 4.69) is 24.5 Å². The molecule has 2 amide bonds. The van der Waals surface area contributed by atoms with E-state index in [0.29, 0.717) is 28.6 Å². The number of carbonyl (C=O) groups is 2. The van der Waals surface area contributed by atoms with Crippen molar-refractivity contribution in [2.45, 2.75) is 32.1 Å². The number of carbonyl (C=O) groups excluding carboxylic acids is 2. The van der Waals surface area contributed by atoms with E-state index in [1.807, 2.05) is 6.92 Å². The summed E-state index contributed by atoms with van der Waals surface area (Å²) in [7, 11) is 0. The average Bonchev–Trinajstić information content (AvgIpc) is 2.68. The molecule has 0 spiro atoms. The van der Waals surface area contributed by atoms with Gasteiger partial charge in [0.25, 0.3) is 17.5 Å². The predicted molar refractivity (Wildman–Crippen MR) is 116 cm³/mol. The number of nitro groups is 1. The first-order valence-corrected chi connectivity index (χ1v) is 10.4. The highest BCUT2D eigenvalue weighted by Crippen LogP contribution is 2.31. The van der Waals surface area contributed by atoms with Gasteiger partial charge in [-0.3, -0.25) is 19.7 Å². The van der Waals surface area contributed by atoms with Gasteiger partial charge in [-0.25, -0.2) is 0 Å². The zero-order valence-corrected chi connectivity index (χ0v) is 17.5. The maximum absolute atomic E-state index is 12.6. The van der Waals surface area contributed by atoms with Crippen molar-refractivity contribution < 1.29 is 14.5 Å². The van der Waals surface area contributed by atoms with E-state index < -0.39 is 10.8 Å². The largest absolute Gasteiger partial charge is 0.352 e. The van der Waals surface area contributed by atoms with E-state index in [9.17, 15) is 19.7 Å². The van der Waals surface area contributed by atoms with Crippen LogP contribution in [0.3, 0.4) is 0 Å². The highest BCUT2D eigenvalue weighted by atomic mass is 32.2. The van der Waals surface area contributed by atoms with Gasteiger partial charge in [0.15, 0.2) is 0 Å². The van der Waals surface area contributed by atoms with E-state index in [1.54, 1.807) is 36.4 Å². The molecule has 0 bridgehead atoms. The Hall–Kier alpha value is -2.87. The molecule has 0 heterocycles. The van der Waals surface area contributed by atoms with E-state index in [1.165, 1.54) is 17.8 Å². The summed E-state index contributed by atoms with van der Waals surface area (Å²) < 4.78 is 0. The molecule has 8 heteroatoms. The first-order chi connectivity index (χ1) is 13.8. The lowest BCUT2D eigenvalue weighted by molar-refractivity contribution is -0.387. The van der Waals surface area contributed by atoms with Crippen molar-refractivity contribution in [3.63, 3.8) is 0 Å². The molecule has 0 aliphatic rings. The SMILES string of the molecule is CCNC(=O)c1cccc(NC(=O)c2ccc(SCCC(C)C)c([N+](=O)[O-])c2)c1. The summed E-state index contributed by atoms with van der Waals surface area (Å²) in [6, 6.07) is 11.0. The molecule has 0 aliphatic carbocycles. The molecule has 2 rings (SSSR count). The minimum absolute atomic E-state index is 0.0810. The van der Waals surface area contributed by atoms with Gasteiger partial charge in [0, 0.05) is 29.4 Å².